The Labute approximate surface area is 176 Å². The topological polar surface area (TPSA) is 66.5 Å². The van der Waals surface area contributed by atoms with E-state index in [1.807, 2.05) is 19.1 Å². The molecule has 0 spiro atoms. The summed E-state index contributed by atoms with van der Waals surface area (Å²) in [5.74, 6) is -0.855. The van der Waals surface area contributed by atoms with Gasteiger partial charge in [-0.15, -0.1) is 0 Å². The summed E-state index contributed by atoms with van der Waals surface area (Å²) >= 11 is 0. The van der Waals surface area contributed by atoms with Gasteiger partial charge in [0, 0.05) is 5.56 Å². The molecule has 158 valence electrons. The average molecular weight is 410 g/mol. The minimum absolute atomic E-state index is 0.306. The lowest BCUT2D eigenvalue weighted by Gasteiger charge is -2.27. The lowest BCUT2D eigenvalue weighted by atomic mass is 9.84. The van der Waals surface area contributed by atoms with Gasteiger partial charge < -0.3 is 5.32 Å². The Balaban J connectivity index is 1.85. The maximum absolute atomic E-state index is 13.4. The molecule has 1 aliphatic heterocycles. The van der Waals surface area contributed by atoms with E-state index in [4.69, 9.17) is 0 Å². The monoisotopic (exact) mass is 410 g/mol. The Kier molecular flexibility index (Phi) is 6.34. The van der Waals surface area contributed by atoms with Gasteiger partial charge in [-0.25, -0.2) is 9.18 Å². The van der Waals surface area contributed by atoms with Crippen LogP contribution in [0.1, 0.15) is 67.4 Å². The van der Waals surface area contributed by atoms with Gasteiger partial charge in [-0.05, 0) is 35.6 Å². The summed E-state index contributed by atoms with van der Waals surface area (Å²) < 4.78 is 13.4. The fraction of sp³-hybridized carbons (Fsp3) is 0.375. The maximum atomic E-state index is 13.4. The summed E-state index contributed by atoms with van der Waals surface area (Å²) in [6.45, 7) is 5.79. The molecule has 5 nitrogen and oxygen atoms in total. The lowest BCUT2D eigenvalue weighted by Crippen LogP contribution is -2.44. The molecule has 1 saturated heterocycles. The number of ketones is 1. The molecule has 30 heavy (non-hydrogen) atoms. The third-order valence-electron chi connectivity index (χ3n) is 5.62. The van der Waals surface area contributed by atoms with Crippen LogP contribution >= 0.6 is 0 Å². The number of urea groups is 1. The van der Waals surface area contributed by atoms with Gasteiger partial charge in [-0.2, -0.15) is 0 Å². The summed E-state index contributed by atoms with van der Waals surface area (Å²) in [5, 5.41) is 2.78. The minimum atomic E-state index is -1.28. The molecule has 0 aromatic heterocycles. The van der Waals surface area contributed by atoms with Crippen molar-refractivity contribution >= 4 is 17.7 Å². The number of benzene rings is 2. The number of halogens is 1. The molecule has 6 heteroatoms. The van der Waals surface area contributed by atoms with E-state index in [2.05, 4.69) is 19.2 Å². The van der Waals surface area contributed by atoms with E-state index < -0.39 is 23.3 Å². The third kappa shape index (κ3) is 4.13. The van der Waals surface area contributed by atoms with Crippen LogP contribution in [0.25, 0.3) is 0 Å². The molecule has 1 N–H and O–H groups in total. The predicted molar refractivity (Wildman–Crippen MR) is 113 cm³/mol. The van der Waals surface area contributed by atoms with Gasteiger partial charge in [0.05, 0.1) is 6.54 Å². The second-order valence-corrected chi connectivity index (χ2v) is 8.04. The van der Waals surface area contributed by atoms with Crippen molar-refractivity contribution < 1.29 is 18.8 Å². The summed E-state index contributed by atoms with van der Waals surface area (Å²) in [6.07, 6.45) is 1.91. The Morgan fingerprint density at radius 1 is 1.07 bits per heavy atom. The molecule has 3 amide bonds. The van der Waals surface area contributed by atoms with Gasteiger partial charge in [0.25, 0.3) is 5.91 Å². The molecule has 1 fully saturated rings. The second-order valence-electron chi connectivity index (χ2n) is 8.04. The Bertz CT molecular complexity index is 938. The zero-order valence-electron chi connectivity index (χ0n) is 17.6. The standard InChI is InChI=1S/C24H27FN2O3/c1-4-5-14-24(19-10-12-20(25)13-11-19)22(29)27(23(30)26-24)15-21(28)18-8-6-17(7-9-18)16(2)3/h6-13,16H,4-5,14-15H2,1-3H3,(H,26,30)/t24-/m0/s1. The first-order valence-corrected chi connectivity index (χ1v) is 10.3. The molecular weight excluding hydrogens is 383 g/mol. The van der Waals surface area contributed by atoms with Crippen LogP contribution in [0.4, 0.5) is 9.18 Å². The van der Waals surface area contributed by atoms with Crippen molar-refractivity contribution in [3.05, 3.63) is 71.0 Å². The Morgan fingerprint density at radius 3 is 2.27 bits per heavy atom. The fourth-order valence-electron chi connectivity index (χ4n) is 3.74. The third-order valence-corrected chi connectivity index (χ3v) is 5.62. The highest BCUT2D eigenvalue weighted by molar-refractivity contribution is 6.11. The van der Waals surface area contributed by atoms with Crippen molar-refractivity contribution in [2.75, 3.05) is 6.54 Å². The zero-order chi connectivity index (χ0) is 21.9. The molecule has 2 aromatic carbocycles. The number of nitrogens with zero attached hydrogens (tertiary/aromatic N) is 1. The predicted octanol–water partition coefficient (Wildman–Crippen LogP) is 4.77. The van der Waals surface area contributed by atoms with Crippen LogP contribution in [0, 0.1) is 5.82 Å². The van der Waals surface area contributed by atoms with Crippen molar-refractivity contribution in [2.24, 2.45) is 0 Å². The van der Waals surface area contributed by atoms with Gasteiger partial charge >= 0.3 is 6.03 Å². The number of imide groups is 1. The van der Waals surface area contributed by atoms with E-state index in [0.717, 1.165) is 16.9 Å². The maximum Gasteiger partial charge on any atom is 0.325 e. The van der Waals surface area contributed by atoms with E-state index in [1.54, 1.807) is 12.1 Å². The second kappa shape index (κ2) is 8.78. The normalized spacial score (nSPS) is 18.8. The van der Waals surface area contributed by atoms with Gasteiger partial charge in [0.15, 0.2) is 5.78 Å². The first-order valence-electron chi connectivity index (χ1n) is 10.3. The molecule has 0 bridgehead atoms. The largest absolute Gasteiger partial charge is 0.325 e. The molecule has 0 aliphatic carbocycles. The summed E-state index contributed by atoms with van der Waals surface area (Å²) in [7, 11) is 0. The fourth-order valence-corrected chi connectivity index (χ4v) is 3.74. The quantitative estimate of drug-likeness (QED) is 0.504. The molecule has 0 radical (unpaired) electrons. The number of hydrogen-bond acceptors (Lipinski definition) is 3. The molecule has 1 atom stereocenters. The molecule has 1 aliphatic rings. The summed E-state index contributed by atoms with van der Waals surface area (Å²) in [4.78, 5) is 39.7. The van der Waals surface area contributed by atoms with E-state index in [0.29, 0.717) is 29.9 Å². The molecule has 3 rings (SSSR count). The van der Waals surface area contributed by atoms with Crippen LogP contribution in [0.15, 0.2) is 48.5 Å². The molecule has 0 saturated carbocycles. The van der Waals surface area contributed by atoms with Crippen molar-refractivity contribution in [3.63, 3.8) is 0 Å². The van der Waals surface area contributed by atoms with Crippen LogP contribution in [0.5, 0.6) is 0 Å². The van der Waals surface area contributed by atoms with Crippen molar-refractivity contribution in [1.82, 2.24) is 10.2 Å². The number of nitrogens with one attached hydrogen (secondary N) is 1. The van der Waals surface area contributed by atoms with Crippen LogP contribution in [0.3, 0.4) is 0 Å². The van der Waals surface area contributed by atoms with Gasteiger partial charge in [-0.1, -0.05) is 70.0 Å². The van der Waals surface area contributed by atoms with Crippen molar-refractivity contribution in [3.8, 4) is 0 Å². The Morgan fingerprint density at radius 2 is 1.70 bits per heavy atom. The smallest absolute Gasteiger partial charge is 0.319 e. The highest BCUT2D eigenvalue weighted by Crippen LogP contribution is 2.34. The number of carbonyl (C=O) groups excluding carboxylic acids is 3. The van der Waals surface area contributed by atoms with Crippen molar-refractivity contribution in [1.29, 1.82) is 0 Å². The van der Waals surface area contributed by atoms with Crippen LogP contribution < -0.4 is 5.32 Å². The molecule has 2 aromatic rings. The number of amides is 3. The molecular formula is C24H27FN2O3. The van der Waals surface area contributed by atoms with Gasteiger partial charge in [0.1, 0.15) is 11.4 Å². The van der Waals surface area contributed by atoms with E-state index in [-0.39, 0.29) is 12.3 Å². The van der Waals surface area contributed by atoms with Crippen molar-refractivity contribution in [2.45, 2.75) is 51.5 Å². The number of rotatable bonds is 8. The first-order chi connectivity index (χ1) is 14.3. The summed E-state index contributed by atoms with van der Waals surface area (Å²) in [6, 6.07) is 12.2. The number of hydrogen-bond donors (Lipinski definition) is 1. The minimum Gasteiger partial charge on any atom is -0.319 e. The van der Waals surface area contributed by atoms with Crippen LogP contribution in [0.2, 0.25) is 0 Å². The van der Waals surface area contributed by atoms with E-state index in [9.17, 15) is 18.8 Å². The van der Waals surface area contributed by atoms with Crippen LogP contribution in [-0.4, -0.2) is 29.2 Å². The number of unbranched alkanes of at least 4 members (excludes halogenated alkanes) is 1. The van der Waals surface area contributed by atoms with Crippen LogP contribution in [-0.2, 0) is 10.3 Å². The highest BCUT2D eigenvalue weighted by Gasteiger charge is 2.52. The number of Topliss-reactive ketones (excluding diaryl/α,β-unsaturated/α-hetero) is 1. The molecule has 1 heterocycles. The highest BCUT2D eigenvalue weighted by atomic mass is 19.1. The zero-order valence-corrected chi connectivity index (χ0v) is 17.6. The van der Waals surface area contributed by atoms with E-state index in [1.165, 1.54) is 24.3 Å². The van der Waals surface area contributed by atoms with Gasteiger partial charge in [-0.3, -0.25) is 14.5 Å². The lowest BCUT2D eigenvalue weighted by molar-refractivity contribution is -0.131. The summed E-state index contributed by atoms with van der Waals surface area (Å²) in [5.41, 5.74) is 0.805. The Hall–Kier alpha value is -3.02. The SMILES string of the molecule is CCCC[C@@]1(c2ccc(F)cc2)NC(=O)N(CC(=O)c2ccc(C(C)C)cc2)C1=O. The molecule has 0 unspecified atom stereocenters. The van der Waals surface area contributed by atoms with E-state index >= 15 is 0 Å². The number of carbonyl (C=O) groups is 3. The average Bonchev–Trinajstić information content (AvgIpc) is 2.97. The first kappa shape index (κ1) is 21.7. The van der Waals surface area contributed by atoms with Gasteiger partial charge in [0.2, 0.25) is 0 Å².